The van der Waals surface area contributed by atoms with Crippen LogP contribution in [0, 0.1) is 16.7 Å². The summed E-state index contributed by atoms with van der Waals surface area (Å²) in [6, 6.07) is 24.0. The van der Waals surface area contributed by atoms with E-state index in [1.165, 1.54) is 11.0 Å². The van der Waals surface area contributed by atoms with E-state index in [0.29, 0.717) is 40.9 Å². The highest BCUT2D eigenvalue weighted by atomic mass is 32.2. The molecule has 1 unspecified atom stereocenters. The smallest absolute Gasteiger partial charge is 0.259 e. The molecule has 334 valence electrons. The molecule has 5 atom stereocenters. The number of carbonyl (C=O) groups is 4. The lowest BCUT2D eigenvalue weighted by Crippen LogP contribution is -2.60. The number of amides is 4. The minimum Gasteiger partial charge on any atom is -0.497 e. The lowest BCUT2D eigenvalue weighted by Gasteiger charge is -2.36. The Morgan fingerprint density at radius 3 is 2.21 bits per heavy atom. The normalized spacial score (nSPS) is 22.1. The standard InChI is InChI=1S/C49H59N5O8S/c1-9-33-28-49(33,45(58)53-63(59,60)48(22-23-48)27-31-16-12-10-13-17-31)52-43(56)39-25-35(30-54(39)44(57)42(47(5,6)7)51-41(55)29-46(2,3)4)62-40-26-37(32-18-14-11-15-19-32)50-38-24-34(61-8)20-21-36(38)40/h9-21,24,26,33,35,39,42H,1,22-23,25,27-30H2,2-8H3,(H,51,55)(H,52,56)(H,53,58)/t33?,35-,39+,42-,49+/m1/s1. The largest absolute Gasteiger partial charge is 0.497 e. The molecule has 2 aliphatic carbocycles. The average molecular weight is 878 g/mol. The van der Waals surface area contributed by atoms with Gasteiger partial charge < -0.3 is 25.0 Å². The third-order valence-corrected chi connectivity index (χ3v) is 14.5. The van der Waals surface area contributed by atoms with Crippen LogP contribution in [0.1, 0.15) is 79.2 Å². The van der Waals surface area contributed by atoms with Gasteiger partial charge in [-0.1, -0.05) is 108 Å². The van der Waals surface area contributed by atoms with Gasteiger partial charge in [-0.15, -0.1) is 6.58 Å². The van der Waals surface area contributed by atoms with Gasteiger partial charge in [0.05, 0.1) is 29.6 Å². The maximum Gasteiger partial charge on any atom is 0.259 e. The van der Waals surface area contributed by atoms with Crippen molar-refractivity contribution in [3.05, 3.63) is 103 Å². The van der Waals surface area contributed by atoms with Crippen LogP contribution in [-0.4, -0.2) is 84.1 Å². The molecule has 1 aliphatic heterocycles. The number of sulfonamides is 1. The quantitative estimate of drug-likeness (QED) is 0.113. The summed E-state index contributed by atoms with van der Waals surface area (Å²) >= 11 is 0. The number of nitrogens with zero attached hydrogens (tertiary/aromatic N) is 2. The van der Waals surface area contributed by atoms with Gasteiger partial charge in [0, 0.05) is 41.8 Å². The van der Waals surface area contributed by atoms with Crippen molar-refractivity contribution >= 4 is 44.6 Å². The molecule has 0 bridgehead atoms. The Morgan fingerprint density at radius 1 is 0.952 bits per heavy atom. The molecule has 3 aliphatic rings. The molecule has 3 N–H and O–H groups in total. The van der Waals surface area contributed by atoms with Crippen molar-refractivity contribution in [2.75, 3.05) is 13.7 Å². The zero-order chi connectivity index (χ0) is 45.5. The summed E-state index contributed by atoms with van der Waals surface area (Å²) in [6.07, 6.45) is 2.16. The Balaban J connectivity index is 1.20. The number of likely N-dealkylation sites (tertiary alicyclic amines) is 1. The first-order valence-corrected chi connectivity index (χ1v) is 23.0. The minimum atomic E-state index is -4.16. The van der Waals surface area contributed by atoms with E-state index in [4.69, 9.17) is 14.5 Å². The van der Waals surface area contributed by atoms with Gasteiger partial charge in [-0.3, -0.25) is 23.9 Å². The number of fused-ring (bicyclic) bond motifs is 1. The van der Waals surface area contributed by atoms with E-state index >= 15 is 0 Å². The predicted octanol–water partition coefficient (Wildman–Crippen LogP) is 6.51. The molecule has 7 rings (SSSR count). The Bertz CT molecular complexity index is 2510. The molecule has 14 heteroatoms. The average Bonchev–Trinajstić information content (AvgIpc) is 4.13. The third-order valence-electron chi connectivity index (χ3n) is 12.3. The molecule has 1 aromatic heterocycles. The van der Waals surface area contributed by atoms with Gasteiger partial charge in [0.25, 0.3) is 5.91 Å². The van der Waals surface area contributed by atoms with Crippen LogP contribution >= 0.6 is 0 Å². The highest BCUT2D eigenvalue weighted by molar-refractivity contribution is 7.91. The summed E-state index contributed by atoms with van der Waals surface area (Å²) in [7, 11) is -2.59. The highest BCUT2D eigenvalue weighted by Crippen LogP contribution is 2.49. The monoisotopic (exact) mass is 877 g/mol. The molecule has 3 aromatic carbocycles. The van der Waals surface area contributed by atoms with Gasteiger partial charge >= 0.3 is 0 Å². The van der Waals surface area contributed by atoms with Crippen molar-refractivity contribution < 1.29 is 37.1 Å². The summed E-state index contributed by atoms with van der Waals surface area (Å²) in [4.78, 5) is 63.6. The molecule has 2 heterocycles. The lowest BCUT2D eigenvalue weighted by molar-refractivity contribution is -0.144. The Morgan fingerprint density at radius 2 is 1.62 bits per heavy atom. The van der Waals surface area contributed by atoms with Gasteiger partial charge in [-0.05, 0) is 54.2 Å². The van der Waals surface area contributed by atoms with E-state index in [1.807, 2.05) is 120 Å². The molecule has 3 fully saturated rings. The molecular formula is C49H59N5O8S. The van der Waals surface area contributed by atoms with Crippen molar-refractivity contribution in [3.8, 4) is 22.8 Å². The molecule has 13 nitrogen and oxygen atoms in total. The van der Waals surface area contributed by atoms with Gasteiger partial charge in [0.15, 0.2) is 0 Å². The predicted molar refractivity (Wildman–Crippen MR) is 242 cm³/mol. The maximum atomic E-state index is 14.9. The summed E-state index contributed by atoms with van der Waals surface area (Å²) in [6.45, 7) is 15.2. The fourth-order valence-corrected chi connectivity index (χ4v) is 10.2. The second-order valence-electron chi connectivity index (χ2n) is 19.6. The highest BCUT2D eigenvalue weighted by Gasteiger charge is 2.63. The fourth-order valence-electron chi connectivity index (χ4n) is 8.53. The van der Waals surface area contributed by atoms with E-state index in [9.17, 15) is 27.6 Å². The number of methoxy groups -OCH3 is 1. The molecule has 63 heavy (non-hydrogen) atoms. The Labute approximate surface area is 370 Å². The number of ether oxygens (including phenoxy) is 2. The van der Waals surface area contributed by atoms with E-state index in [1.54, 1.807) is 13.2 Å². The molecule has 1 saturated heterocycles. The fraction of sp³-hybridized carbons (Fsp3) is 0.449. The van der Waals surface area contributed by atoms with Crippen molar-refractivity contribution in [2.24, 2.45) is 16.7 Å². The van der Waals surface area contributed by atoms with Crippen LogP contribution in [0.5, 0.6) is 11.5 Å². The van der Waals surface area contributed by atoms with Gasteiger partial charge in [0.2, 0.25) is 27.7 Å². The van der Waals surface area contributed by atoms with Crippen LogP contribution < -0.4 is 24.8 Å². The number of aromatic nitrogens is 1. The zero-order valence-corrected chi connectivity index (χ0v) is 38.0. The number of carbonyl (C=O) groups excluding carboxylic acids is 4. The van der Waals surface area contributed by atoms with Gasteiger partial charge in [0.1, 0.15) is 35.2 Å². The first-order valence-electron chi connectivity index (χ1n) is 21.5. The number of benzene rings is 3. The minimum absolute atomic E-state index is 0.0277. The van der Waals surface area contributed by atoms with Crippen LogP contribution in [0.25, 0.3) is 22.2 Å². The van der Waals surface area contributed by atoms with E-state index < -0.39 is 67.6 Å². The number of hydrogen-bond acceptors (Lipinski definition) is 9. The van der Waals surface area contributed by atoms with E-state index in [0.717, 1.165) is 11.1 Å². The van der Waals surface area contributed by atoms with Crippen LogP contribution in [0.2, 0.25) is 0 Å². The second kappa shape index (κ2) is 17.1. The van der Waals surface area contributed by atoms with E-state index in [2.05, 4.69) is 21.9 Å². The number of pyridine rings is 1. The van der Waals surface area contributed by atoms with Crippen LogP contribution in [-0.2, 0) is 35.6 Å². The molecule has 0 spiro atoms. The number of rotatable bonds is 15. The number of nitrogens with one attached hydrogen (secondary N) is 3. The van der Waals surface area contributed by atoms with Crippen molar-refractivity contribution in [3.63, 3.8) is 0 Å². The van der Waals surface area contributed by atoms with Crippen LogP contribution in [0.3, 0.4) is 0 Å². The maximum absolute atomic E-state index is 14.9. The van der Waals surface area contributed by atoms with Gasteiger partial charge in [-0.2, -0.15) is 0 Å². The number of hydrogen-bond donors (Lipinski definition) is 3. The lowest BCUT2D eigenvalue weighted by atomic mass is 9.84. The molecule has 0 radical (unpaired) electrons. The summed E-state index contributed by atoms with van der Waals surface area (Å²) in [5, 5.41) is 6.55. The van der Waals surface area contributed by atoms with Crippen molar-refractivity contribution in [1.82, 2.24) is 25.2 Å². The molecule has 2 saturated carbocycles. The SMILES string of the molecule is C=CC1C[C@@]1(NC(=O)[C@@H]1C[C@@H](Oc2cc(-c3ccccc3)nc3cc(OC)ccc23)CN1C(=O)[C@@H](NC(=O)CC(C)(C)C)C(C)(C)C)C(=O)NS(=O)(=O)C1(Cc2ccccc2)CC1. The summed E-state index contributed by atoms with van der Waals surface area (Å²) in [5.74, 6) is -1.77. The zero-order valence-electron chi connectivity index (χ0n) is 37.2. The van der Waals surface area contributed by atoms with Crippen molar-refractivity contribution in [2.45, 2.75) is 109 Å². The third kappa shape index (κ3) is 9.75. The van der Waals surface area contributed by atoms with Crippen LogP contribution in [0.15, 0.2) is 97.6 Å². The van der Waals surface area contributed by atoms with E-state index in [-0.39, 0.29) is 43.6 Å². The Hall–Kier alpha value is -5.76. The topological polar surface area (TPSA) is 173 Å². The molecule has 4 amide bonds. The first-order chi connectivity index (χ1) is 29.7. The van der Waals surface area contributed by atoms with Gasteiger partial charge in [-0.25, -0.2) is 13.4 Å². The second-order valence-corrected chi connectivity index (χ2v) is 21.7. The molecular weight excluding hydrogens is 819 g/mol. The first kappa shape index (κ1) is 45.3. The molecule has 4 aromatic rings. The Kier molecular flexibility index (Phi) is 12.3. The summed E-state index contributed by atoms with van der Waals surface area (Å²) in [5.41, 5.74) is 0.217. The van der Waals surface area contributed by atoms with Crippen molar-refractivity contribution in [1.29, 1.82) is 0 Å². The summed E-state index contributed by atoms with van der Waals surface area (Å²) < 4.78 is 41.3. The van der Waals surface area contributed by atoms with Crippen LogP contribution in [0.4, 0.5) is 0 Å².